The van der Waals surface area contributed by atoms with E-state index in [-0.39, 0.29) is 0 Å². The molecule has 0 fully saturated rings. The first-order valence-corrected chi connectivity index (χ1v) is 6.75. The van der Waals surface area contributed by atoms with Crippen LogP contribution in [0.25, 0.3) is 22.9 Å². The van der Waals surface area contributed by atoms with E-state index in [1.54, 1.807) is 0 Å². The van der Waals surface area contributed by atoms with Gasteiger partial charge in [0, 0.05) is 17.3 Å². The molecule has 2 aromatic carbocycles. The van der Waals surface area contributed by atoms with Gasteiger partial charge in [0.25, 0.3) is 0 Å². The van der Waals surface area contributed by atoms with Crippen LogP contribution in [0.3, 0.4) is 0 Å². The van der Waals surface area contributed by atoms with Crippen LogP contribution in [0.5, 0.6) is 0 Å². The standard InChI is InChI=1S/C19H13N/c1-2-7-14(8-3-1)13-18-15-9-4-5-10-16(15)19-17(18)11-6-12-20-19/h1-13H/b18-13+. The Morgan fingerprint density at radius 1 is 0.650 bits per heavy atom. The highest BCUT2D eigenvalue weighted by molar-refractivity contribution is 6.05. The maximum absolute atomic E-state index is 4.55. The van der Waals surface area contributed by atoms with Gasteiger partial charge >= 0.3 is 0 Å². The first kappa shape index (κ1) is 11.2. The predicted octanol–water partition coefficient (Wildman–Crippen LogP) is 4.65. The Morgan fingerprint density at radius 2 is 1.35 bits per heavy atom. The average Bonchev–Trinajstić information content (AvgIpc) is 2.84. The molecular formula is C19H13N. The summed E-state index contributed by atoms with van der Waals surface area (Å²) in [5.41, 5.74) is 7.28. The van der Waals surface area contributed by atoms with E-state index in [4.69, 9.17) is 0 Å². The lowest BCUT2D eigenvalue weighted by atomic mass is 10.0. The van der Waals surface area contributed by atoms with Gasteiger partial charge < -0.3 is 0 Å². The van der Waals surface area contributed by atoms with Crippen molar-refractivity contribution in [1.82, 2.24) is 4.98 Å². The molecule has 1 heterocycles. The Kier molecular flexibility index (Phi) is 2.49. The van der Waals surface area contributed by atoms with Gasteiger partial charge in [-0.3, -0.25) is 4.98 Å². The van der Waals surface area contributed by atoms with Gasteiger partial charge in [0.1, 0.15) is 0 Å². The monoisotopic (exact) mass is 255 g/mol. The van der Waals surface area contributed by atoms with Crippen LogP contribution in [0.2, 0.25) is 0 Å². The summed E-state index contributed by atoms with van der Waals surface area (Å²) < 4.78 is 0. The summed E-state index contributed by atoms with van der Waals surface area (Å²) in [5, 5.41) is 0. The van der Waals surface area contributed by atoms with Crippen molar-refractivity contribution in [3.63, 3.8) is 0 Å². The van der Waals surface area contributed by atoms with E-state index in [2.05, 4.69) is 65.7 Å². The van der Waals surface area contributed by atoms with Crippen molar-refractivity contribution in [3.8, 4) is 11.3 Å². The van der Waals surface area contributed by atoms with Crippen LogP contribution in [0.15, 0.2) is 72.9 Å². The summed E-state index contributed by atoms with van der Waals surface area (Å²) >= 11 is 0. The van der Waals surface area contributed by atoms with E-state index in [1.165, 1.54) is 27.8 Å². The number of benzene rings is 2. The highest BCUT2D eigenvalue weighted by atomic mass is 14.7. The van der Waals surface area contributed by atoms with Gasteiger partial charge in [-0.05, 0) is 28.8 Å². The third-order valence-electron chi connectivity index (χ3n) is 3.68. The van der Waals surface area contributed by atoms with Crippen molar-refractivity contribution < 1.29 is 0 Å². The number of pyridine rings is 1. The molecular weight excluding hydrogens is 242 g/mol. The normalized spacial score (nSPS) is 14.1. The summed E-state index contributed by atoms with van der Waals surface area (Å²) in [5.74, 6) is 0. The molecule has 0 N–H and O–H groups in total. The van der Waals surface area contributed by atoms with Gasteiger partial charge in [0.15, 0.2) is 0 Å². The van der Waals surface area contributed by atoms with Crippen molar-refractivity contribution in [3.05, 3.63) is 89.6 Å². The Balaban J connectivity index is 1.99. The lowest BCUT2D eigenvalue weighted by Gasteiger charge is -2.02. The second kappa shape index (κ2) is 4.46. The molecule has 0 spiro atoms. The predicted molar refractivity (Wildman–Crippen MR) is 83.1 cm³/mol. The topological polar surface area (TPSA) is 12.9 Å². The second-order valence-corrected chi connectivity index (χ2v) is 4.91. The molecule has 94 valence electrons. The van der Waals surface area contributed by atoms with E-state index in [1.807, 2.05) is 18.3 Å². The summed E-state index contributed by atoms with van der Waals surface area (Å²) in [4.78, 5) is 4.55. The van der Waals surface area contributed by atoms with Gasteiger partial charge in [0.05, 0.1) is 5.69 Å². The zero-order valence-corrected chi connectivity index (χ0v) is 11.0. The molecule has 1 aliphatic carbocycles. The highest BCUT2D eigenvalue weighted by Crippen LogP contribution is 2.43. The maximum atomic E-state index is 4.55. The maximum Gasteiger partial charge on any atom is 0.0786 e. The van der Waals surface area contributed by atoms with Gasteiger partial charge in [-0.15, -0.1) is 0 Å². The Bertz CT molecular complexity index is 753. The minimum Gasteiger partial charge on any atom is -0.256 e. The van der Waals surface area contributed by atoms with E-state index in [9.17, 15) is 0 Å². The molecule has 1 aromatic heterocycles. The summed E-state index contributed by atoms with van der Waals surface area (Å²) in [6.07, 6.45) is 4.10. The third-order valence-corrected chi connectivity index (χ3v) is 3.68. The molecule has 0 atom stereocenters. The number of hydrogen-bond donors (Lipinski definition) is 0. The largest absolute Gasteiger partial charge is 0.256 e. The molecule has 0 aliphatic heterocycles. The molecule has 1 aliphatic rings. The lowest BCUT2D eigenvalue weighted by Crippen LogP contribution is -1.82. The third kappa shape index (κ3) is 1.68. The number of aromatic nitrogens is 1. The van der Waals surface area contributed by atoms with Crippen molar-refractivity contribution in [2.24, 2.45) is 0 Å². The zero-order valence-electron chi connectivity index (χ0n) is 11.0. The Morgan fingerprint density at radius 3 is 2.20 bits per heavy atom. The lowest BCUT2D eigenvalue weighted by molar-refractivity contribution is 1.33. The van der Waals surface area contributed by atoms with Crippen LogP contribution >= 0.6 is 0 Å². The van der Waals surface area contributed by atoms with E-state index < -0.39 is 0 Å². The van der Waals surface area contributed by atoms with Gasteiger partial charge in [-0.2, -0.15) is 0 Å². The van der Waals surface area contributed by atoms with Crippen LogP contribution in [0, 0.1) is 0 Å². The summed E-state index contributed by atoms with van der Waals surface area (Å²) in [7, 11) is 0. The fourth-order valence-corrected chi connectivity index (χ4v) is 2.78. The quantitative estimate of drug-likeness (QED) is 0.482. The minimum atomic E-state index is 1.09. The molecule has 0 saturated carbocycles. The fraction of sp³-hybridized carbons (Fsp3) is 0. The van der Waals surface area contributed by atoms with Crippen molar-refractivity contribution in [2.75, 3.05) is 0 Å². The number of hydrogen-bond acceptors (Lipinski definition) is 1. The molecule has 0 radical (unpaired) electrons. The van der Waals surface area contributed by atoms with Gasteiger partial charge in [-0.1, -0.05) is 60.7 Å². The number of rotatable bonds is 1. The minimum absolute atomic E-state index is 1.09. The smallest absolute Gasteiger partial charge is 0.0786 e. The van der Waals surface area contributed by atoms with Gasteiger partial charge in [0.2, 0.25) is 0 Å². The van der Waals surface area contributed by atoms with Gasteiger partial charge in [-0.25, -0.2) is 0 Å². The van der Waals surface area contributed by atoms with E-state index in [0.717, 1.165) is 5.69 Å². The first-order valence-electron chi connectivity index (χ1n) is 6.75. The van der Waals surface area contributed by atoms with E-state index in [0.29, 0.717) is 0 Å². The molecule has 1 heteroatoms. The molecule has 4 rings (SSSR count). The van der Waals surface area contributed by atoms with E-state index >= 15 is 0 Å². The molecule has 0 bridgehead atoms. The zero-order chi connectivity index (χ0) is 13.4. The van der Waals surface area contributed by atoms with Crippen molar-refractivity contribution >= 4 is 11.6 Å². The SMILES string of the molecule is C(=C1/c2ccccc2-c2ncccc21)/c1ccccc1. The molecule has 0 saturated heterocycles. The summed E-state index contributed by atoms with van der Waals surface area (Å²) in [6.45, 7) is 0. The molecule has 3 aromatic rings. The fourth-order valence-electron chi connectivity index (χ4n) is 2.78. The highest BCUT2D eigenvalue weighted by Gasteiger charge is 2.23. The second-order valence-electron chi connectivity index (χ2n) is 4.91. The average molecular weight is 255 g/mol. The van der Waals surface area contributed by atoms with Crippen LogP contribution in [-0.2, 0) is 0 Å². The molecule has 1 nitrogen and oxygen atoms in total. The number of fused-ring (bicyclic) bond motifs is 3. The van der Waals surface area contributed by atoms with Crippen LogP contribution < -0.4 is 0 Å². The Hall–Kier alpha value is -2.67. The van der Waals surface area contributed by atoms with Crippen LogP contribution in [-0.4, -0.2) is 4.98 Å². The van der Waals surface area contributed by atoms with Crippen LogP contribution in [0.4, 0.5) is 0 Å². The molecule has 0 unspecified atom stereocenters. The first-order chi connectivity index (χ1) is 9.93. The van der Waals surface area contributed by atoms with Crippen molar-refractivity contribution in [1.29, 1.82) is 0 Å². The molecule has 20 heavy (non-hydrogen) atoms. The van der Waals surface area contributed by atoms with Crippen LogP contribution in [0.1, 0.15) is 16.7 Å². The van der Waals surface area contributed by atoms with Crippen molar-refractivity contribution in [2.45, 2.75) is 0 Å². The Labute approximate surface area is 118 Å². The number of nitrogens with zero attached hydrogens (tertiary/aromatic N) is 1. The summed E-state index contributed by atoms with van der Waals surface area (Å²) in [6, 6.07) is 23.1. The molecule has 0 amide bonds.